The molecule has 3 aromatic rings. The molecular formula is C22H24ClN3O2. The van der Waals surface area contributed by atoms with Crippen molar-refractivity contribution < 1.29 is 9.63 Å². The van der Waals surface area contributed by atoms with Crippen molar-refractivity contribution in [1.82, 2.24) is 15.5 Å². The van der Waals surface area contributed by atoms with Crippen molar-refractivity contribution in [2.24, 2.45) is 5.41 Å². The van der Waals surface area contributed by atoms with Gasteiger partial charge in [0, 0.05) is 24.1 Å². The molecule has 0 saturated carbocycles. The van der Waals surface area contributed by atoms with Gasteiger partial charge in [-0.25, -0.2) is 0 Å². The zero-order valence-electron chi connectivity index (χ0n) is 16.2. The minimum atomic E-state index is -1.16. The number of nitrogens with one attached hydrogen (secondary N) is 1. The van der Waals surface area contributed by atoms with E-state index in [0.29, 0.717) is 11.8 Å². The summed E-state index contributed by atoms with van der Waals surface area (Å²) < 4.78 is 5.20. The lowest BCUT2D eigenvalue weighted by atomic mass is 9.62. The Morgan fingerprint density at radius 3 is 2.39 bits per heavy atom. The lowest BCUT2D eigenvalue weighted by molar-refractivity contribution is -0.0767. The molecule has 0 spiro atoms. The van der Waals surface area contributed by atoms with E-state index < -0.39 is 5.60 Å². The van der Waals surface area contributed by atoms with Crippen LogP contribution >= 0.6 is 11.6 Å². The molecule has 1 aliphatic rings. The van der Waals surface area contributed by atoms with Gasteiger partial charge in [-0.15, -0.1) is 0 Å². The maximum absolute atomic E-state index is 12.1. The number of aromatic nitrogens is 2. The van der Waals surface area contributed by atoms with Gasteiger partial charge >= 0.3 is 0 Å². The van der Waals surface area contributed by atoms with Crippen molar-refractivity contribution in [1.29, 1.82) is 0 Å². The van der Waals surface area contributed by atoms with E-state index in [-0.39, 0.29) is 10.7 Å². The zero-order valence-corrected chi connectivity index (χ0v) is 17.0. The first kappa shape index (κ1) is 19.1. The molecule has 0 amide bonds. The second-order valence-electron chi connectivity index (χ2n) is 8.10. The van der Waals surface area contributed by atoms with E-state index >= 15 is 0 Å². The quantitative estimate of drug-likeness (QED) is 0.669. The highest BCUT2D eigenvalue weighted by atomic mass is 35.5. The van der Waals surface area contributed by atoms with Crippen molar-refractivity contribution in [3.63, 3.8) is 0 Å². The van der Waals surface area contributed by atoms with E-state index in [1.807, 2.05) is 36.4 Å². The van der Waals surface area contributed by atoms with Gasteiger partial charge in [0.1, 0.15) is 5.60 Å². The Hall–Kier alpha value is -2.21. The number of hydrogen-bond acceptors (Lipinski definition) is 5. The fourth-order valence-electron chi connectivity index (χ4n) is 3.93. The number of benzene rings is 2. The standard InChI is InChI=1S/C22H24ClN3O2/c1-14(2)15-7-9-17(10-8-15)22(27,21(3)12-24-13-21)18-6-4-5-16(11-18)19-25-20(23)26-28-19/h4-11,14,24,27H,12-13H2,1-3H3/t22-/m0/s1. The maximum Gasteiger partial charge on any atom is 0.264 e. The summed E-state index contributed by atoms with van der Waals surface area (Å²) in [6.07, 6.45) is 0. The van der Waals surface area contributed by atoms with Crippen LogP contribution in [-0.2, 0) is 5.60 Å². The molecule has 1 aliphatic heterocycles. The summed E-state index contributed by atoms with van der Waals surface area (Å²) in [5.41, 5.74) is 2.15. The lowest BCUT2D eigenvalue weighted by Crippen LogP contribution is -2.63. The summed E-state index contributed by atoms with van der Waals surface area (Å²) in [7, 11) is 0. The van der Waals surface area contributed by atoms with Gasteiger partial charge in [0.05, 0.1) is 0 Å². The van der Waals surface area contributed by atoms with Crippen LogP contribution in [0, 0.1) is 5.41 Å². The molecule has 2 N–H and O–H groups in total. The topological polar surface area (TPSA) is 71.2 Å². The largest absolute Gasteiger partial charge is 0.380 e. The van der Waals surface area contributed by atoms with Gasteiger partial charge in [-0.3, -0.25) is 0 Å². The van der Waals surface area contributed by atoms with Crippen molar-refractivity contribution in [2.75, 3.05) is 13.1 Å². The molecule has 2 aromatic carbocycles. The molecule has 28 heavy (non-hydrogen) atoms. The molecule has 1 aromatic heterocycles. The van der Waals surface area contributed by atoms with E-state index in [2.05, 4.69) is 48.4 Å². The van der Waals surface area contributed by atoms with Gasteiger partial charge in [0.25, 0.3) is 11.2 Å². The third-order valence-electron chi connectivity index (χ3n) is 5.83. The highest BCUT2D eigenvalue weighted by Gasteiger charge is 2.53. The van der Waals surface area contributed by atoms with Crippen LogP contribution in [0.3, 0.4) is 0 Å². The van der Waals surface area contributed by atoms with Crippen LogP contribution in [0.25, 0.3) is 11.5 Å². The lowest BCUT2D eigenvalue weighted by Gasteiger charge is -2.52. The van der Waals surface area contributed by atoms with Gasteiger partial charge < -0.3 is 14.9 Å². The van der Waals surface area contributed by atoms with E-state index in [4.69, 9.17) is 16.1 Å². The Morgan fingerprint density at radius 1 is 1.14 bits per heavy atom. The first-order valence-corrected chi connectivity index (χ1v) is 9.85. The molecule has 0 aliphatic carbocycles. The predicted octanol–water partition coefficient (Wildman–Crippen LogP) is 4.36. The Morgan fingerprint density at radius 2 is 1.86 bits per heavy atom. The summed E-state index contributed by atoms with van der Waals surface area (Å²) in [6.45, 7) is 7.89. The Balaban J connectivity index is 1.83. The molecule has 0 radical (unpaired) electrons. The monoisotopic (exact) mass is 397 g/mol. The Kier molecular flexibility index (Phi) is 4.78. The highest BCUT2D eigenvalue weighted by Crippen LogP contribution is 2.48. The van der Waals surface area contributed by atoms with E-state index in [9.17, 15) is 5.11 Å². The maximum atomic E-state index is 12.1. The van der Waals surface area contributed by atoms with Crippen molar-refractivity contribution in [3.8, 4) is 11.5 Å². The SMILES string of the molecule is CC(C)c1ccc([C@](O)(c2cccc(-c3nc(Cl)no3)c2)C2(C)CNC2)cc1. The summed E-state index contributed by atoms with van der Waals surface area (Å²) in [5, 5.41) is 19.1. The average Bonchev–Trinajstić information content (AvgIpc) is 3.12. The molecule has 0 unspecified atom stereocenters. The molecule has 6 heteroatoms. The van der Waals surface area contributed by atoms with E-state index in [1.54, 1.807) is 0 Å². The first-order valence-electron chi connectivity index (χ1n) is 9.47. The van der Waals surface area contributed by atoms with Crippen LogP contribution < -0.4 is 5.32 Å². The van der Waals surface area contributed by atoms with E-state index in [1.165, 1.54) is 5.56 Å². The van der Waals surface area contributed by atoms with Crippen molar-refractivity contribution in [2.45, 2.75) is 32.3 Å². The molecule has 2 heterocycles. The van der Waals surface area contributed by atoms with Crippen LogP contribution in [-0.4, -0.2) is 28.3 Å². The molecule has 1 atom stereocenters. The normalized spacial score (nSPS) is 17.9. The van der Waals surface area contributed by atoms with Crippen molar-refractivity contribution in [3.05, 3.63) is 70.5 Å². The number of hydrogen-bond donors (Lipinski definition) is 2. The summed E-state index contributed by atoms with van der Waals surface area (Å²) in [6, 6.07) is 15.9. The number of aliphatic hydroxyl groups is 1. The van der Waals surface area contributed by atoms with Gasteiger partial charge in [0.15, 0.2) is 0 Å². The van der Waals surface area contributed by atoms with Gasteiger partial charge in [0.2, 0.25) is 0 Å². The molecule has 0 bridgehead atoms. The molecule has 146 valence electrons. The zero-order chi connectivity index (χ0) is 19.9. The summed E-state index contributed by atoms with van der Waals surface area (Å²) >= 11 is 5.81. The first-order chi connectivity index (χ1) is 13.3. The van der Waals surface area contributed by atoms with Crippen LogP contribution in [0.1, 0.15) is 43.4 Å². The Labute approximate surface area is 169 Å². The third-order valence-corrected chi connectivity index (χ3v) is 5.98. The molecule has 4 rings (SSSR count). The third kappa shape index (κ3) is 3.04. The fourth-order valence-corrected chi connectivity index (χ4v) is 4.04. The van der Waals surface area contributed by atoms with Crippen LogP contribution in [0.2, 0.25) is 5.28 Å². The van der Waals surface area contributed by atoms with Crippen LogP contribution in [0.4, 0.5) is 0 Å². The molecular weight excluding hydrogens is 374 g/mol. The number of rotatable bonds is 5. The summed E-state index contributed by atoms with van der Waals surface area (Å²) in [4.78, 5) is 4.10. The fraction of sp³-hybridized carbons (Fsp3) is 0.364. The minimum absolute atomic E-state index is 0.0649. The average molecular weight is 398 g/mol. The molecule has 5 nitrogen and oxygen atoms in total. The van der Waals surface area contributed by atoms with Crippen molar-refractivity contribution >= 4 is 11.6 Å². The smallest absolute Gasteiger partial charge is 0.264 e. The van der Waals surface area contributed by atoms with Crippen LogP contribution in [0.15, 0.2) is 53.1 Å². The van der Waals surface area contributed by atoms with Gasteiger partial charge in [-0.1, -0.05) is 57.2 Å². The molecule has 1 saturated heterocycles. The highest BCUT2D eigenvalue weighted by molar-refractivity contribution is 6.28. The minimum Gasteiger partial charge on any atom is -0.380 e. The Bertz CT molecular complexity index is 979. The van der Waals surface area contributed by atoms with E-state index in [0.717, 1.165) is 29.8 Å². The van der Waals surface area contributed by atoms with Gasteiger partial charge in [-0.2, -0.15) is 4.98 Å². The number of nitrogens with zero attached hydrogens (tertiary/aromatic N) is 2. The second kappa shape index (κ2) is 6.99. The predicted molar refractivity (Wildman–Crippen MR) is 109 cm³/mol. The molecule has 1 fully saturated rings. The second-order valence-corrected chi connectivity index (χ2v) is 8.44. The number of halogens is 1. The summed E-state index contributed by atoms with van der Waals surface area (Å²) in [5.74, 6) is 0.773. The van der Waals surface area contributed by atoms with Gasteiger partial charge in [-0.05, 0) is 51.5 Å². The van der Waals surface area contributed by atoms with Crippen LogP contribution in [0.5, 0.6) is 0 Å².